The average molecular weight is 442 g/mol. The second-order valence-corrected chi connectivity index (χ2v) is 5.93. The van der Waals surface area contributed by atoms with E-state index in [2.05, 4.69) is 33.9 Å². The normalized spacial score (nSPS) is 11.4. The molecule has 0 amide bonds. The van der Waals surface area contributed by atoms with Crippen molar-refractivity contribution in [1.82, 2.24) is 0 Å². The van der Waals surface area contributed by atoms with Crippen LogP contribution in [0.15, 0.2) is 45.9 Å². The van der Waals surface area contributed by atoms with Crippen LogP contribution in [0.4, 0.5) is 18.9 Å². The van der Waals surface area contributed by atoms with Crippen molar-refractivity contribution in [2.75, 3.05) is 5.32 Å². The van der Waals surface area contributed by atoms with Gasteiger partial charge in [-0.05, 0) is 31.2 Å². The molecule has 1 N–H and O–H groups in total. The van der Waals surface area contributed by atoms with Crippen molar-refractivity contribution in [3.8, 4) is 0 Å². The van der Waals surface area contributed by atoms with Gasteiger partial charge >= 0.3 is 51.4 Å². The van der Waals surface area contributed by atoms with Gasteiger partial charge in [0.2, 0.25) is 0 Å². The molecule has 0 bridgehead atoms. The van der Waals surface area contributed by atoms with E-state index < -0.39 is 28.9 Å². The third kappa shape index (κ3) is 5.20. The second-order valence-electron chi connectivity index (χ2n) is 4.63. The molecule has 0 radical (unpaired) electrons. The van der Waals surface area contributed by atoms with Gasteiger partial charge in [-0.1, -0.05) is 28.1 Å². The van der Waals surface area contributed by atoms with E-state index in [0.717, 1.165) is 12.1 Å². The number of para-hydroxylation sites is 1. The molecular formula is C16H12BrF3KNOS. The molecular weight excluding hydrogens is 430 g/mol. The Kier molecular flexibility index (Phi) is 8.74. The van der Waals surface area contributed by atoms with Crippen LogP contribution < -0.4 is 5.32 Å². The molecule has 0 spiro atoms. The Labute approximate surface area is 193 Å². The Bertz CT molecular complexity index is 794. The Morgan fingerprint density at radius 2 is 1.71 bits per heavy atom. The molecule has 2 aromatic rings. The number of benzene rings is 2. The summed E-state index contributed by atoms with van der Waals surface area (Å²) in [4.78, 5) is 11.9. The first-order valence-electron chi connectivity index (χ1n) is 6.42. The molecule has 0 atom stereocenters. The van der Waals surface area contributed by atoms with Crippen molar-refractivity contribution in [2.45, 2.75) is 6.92 Å². The van der Waals surface area contributed by atoms with Gasteiger partial charge in [-0.25, -0.2) is 13.2 Å². The number of thiol groups is 1. The van der Waals surface area contributed by atoms with E-state index in [4.69, 9.17) is 0 Å². The number of Topliss-reactive ketones (excluding diaryl/α,β-unsaturated/α-hetero) is 1. The number of carbonyl (C=O) groups excluding carboxylic acids is 1. The van der Waals surface area contributed by atoms with Crippen LogP contribution >= 0.6 is 28.6 Å². The fourth-order valence-electron chi connectivity index (χ4n) is 1.97. The van der Waals surface area contributed by atoms with E-state index in [1.54, 1.807) is 0 Å². The third-order valence-corrected chi connectivity index (χ3v) is 3.99. The number of rotatable bonds is 4. The van der Waals surface area contributed by atoms with Gasteiger partial charge < -0.3 is 5.32 Å². The fourth-order valence-corrected chi connectivity index (χ4v) is 2.91. The SMILES string of the molecule is CC(=O)/C(=C(/S)Nc1c(F)cccc1F)c1ccc(F)cc1Br.[KH]. The molecule has 2 aromatic carbocycles. The summed E-state index contributed by atoms with van der Waals surface area (Å²) in [5, 5.41) is 2.41. The molecule has 0 fully saturated rings. The second kappa shape index (κ2) is 9.56. The van der Waals surface area contributed by atoms with Crippen molar-refractivity contribution < 1.29 is 18.0 Å². The fraction of sp³-hybridized carbons (Fsp3) is 0.0625. The summed E-state index contributed by atoms with van der Waals surface area (Å²) < 4.78 is 40.9. The number of anilines is 1. The monoisotopic (exact) mass is 441 g/mol. The van der Waals surface area contributed by atoms with E-state index in [1.807, 2.05) is 0 Å². The molecule has 0 saturated heterocycles. The predicted molar refractivity (Wildman–Crippen MR) is 97.8 cm³/mol. The van der Waals surface area contributed by atoms with Gasteiger partial charge in [-0.15, -0.1) is 12.6 Å². The molecule has 0 aliphatic heterocycles. The first-order valence-corrected chi connectivity index (χ1v) is 7.66. The van der Waals surface area contributed by atoms with Crippen molar-refractivity contribution in [2.24, 2.45) is 0 Å². The Hall–Kier alpha value is -0.0936. The third-order valence-electron chi connectivity index (χ3n) is 3.00. The summed E-state index contributed by atoms with van der Waals surface area (Å²) in [6.07, 6.45) is 0. The molecule has 24 heavy (non-hydrogen) atoms. The van der Waals surface area contributed by atoms with Crippen LogP contribution in [-0.2, 0) is 4.79 Å². The number of carbonyl (C=O) groups is 1. The van der Waals surface area contributed by atoms with Crippen molar-refractivity contribution in [3.63, 3.8) is 0 Å². The van der Waals surface area contributed by atoms with Gasteiger partial charge in [0.15, 0.2) is 5.78 Å². The van der Waals surface area contributed by atoms with Gasteiger partial charge in [0, 0.05) is 10.0 Å². The number of allylic oxidation sites excluding steroid dienone is 1. The van der Waals surface area contributed by atoms with Crippen LogP contribution in [-0.4, -0.2) is 57.2 Å². The van der Waals surface area contributed by atoms with Gasteiger partial charge in [0.1, 0.15) is 23.1 Å². The topological polar surface area (TPSA) is 29.1 Å². The van der Waals surface area contributed by atoms with E-state index in [0.29, 0.717) is 10.0 Å². The molecule has 0 aromatic heterocycles. The molecule has 2 rings (SSSR count). The van der Waals surface area contributed by atoms with Crippen LogP contribution in [0.5, 0.6) is 0 Å². The molecule has 8 heteroatoms. The molecule has 0 aliphatic carbocycles. The number of ketones is 1. The van der Waals surface area contributed by atoms with Crippen molar-refractivity contribution in [1.29, 1.82) is 0 Å². The zero-order valence-electron chi connectivity index (χ0n) is 11.8. The molecule has 2 nitrogen and oxygen atoms in total. The van der Waals surface area contributed by atoms with Crippen molar-refractivity contribution in [3.05, 3.63) is 68.9 Å². The Morgan fingerprint density at radius 3 is 2.21 bits per heavy atom. The summed E-state index contributed by atoms with van der Waals surface area (Å²) in [5.41, 5.74) is 0.00509. The maximum absolute atomic E-state index is 13.7. The van der Waals surface area contributed by atoms with E-state index in [-0.39, 0.29) is 62.0 Å². The minimum absolute atomic E-state index is 0. The maximum atomic E-state index is 13.7. The zero-order valence-corrected chi connectivity index (χ0v) is 14.3. The summed E-state index contributed by atoms with van der Waals surface area (Å²) in [6, 6.07) is 7.12. The van der Waals surface area contributed by atoms with Crippen LogP contribution in [0, 0.1) is 17.5 Å². The van der Waals surface area contributed by atoms with Gasteiger partial charge in [-0.2, -0.15) is 0 Å². The van der Waals surface area contributed by atoms with Crippen molar-refractivity contribution >= 4 is 97.0 Å². The van der Waals surface area contributed by atoms with Gasteiger partial charge in [-0.3, -0.25) is 4.79 Å². The Balaban J connectivity index is 0.00000288. The molecule has 122 valence electrons. The van der Waals surface area contributed by atoms with Crippen LogP contribution in [0.1, 0.15) is 12.5 Å². The summed E-state index contributed by atoms with van der Waals surface area (Å²) >= 11 is 7.32. The zero-order chi connectivity index (χ0) is 17.1. The predicted octanol–water partition coefficient (Wildman–Crippen LogP) is 4.52. The first kappa shape index (κ1) is 21.9. The Morgan fingerprint density at radius 1 is 1.12 bits per heavy atom. The number of halogens is 4. The quantitative estimate of drug-likeness (QED) is 0.414. The van der Waals surface area contributed by atoms with Crippen LogP contribution in [0.3, 0.4) is 0 Å². The summed E-state index contributed by atoms with van der Waals surface area (Å²) in [5.74, 6) is -2.53. The van der Waals surface area contributed by atoms with E-state index in [1.165, 1.54) is 31.2 Å². The summed E-state index contributed by atoms with van der Waals surface area (Å²) in [7, 11) is 0. The number of hydrogen-bond acceptors (Lipinski definition) is 3. The number of nitrogens with one attached hydrogen (secondary N) is 1. The van der Waals surface area contributed by atoms with Gasteiger partial charge in [0.25, 0.3) is 0 Å². The first-order chi connectivity index (χ1) is 10.8. The van der Waals surface area contributed by atoms with Gasteiger partial charge in [0.05, 0.1) is 10.6 Å². The van der Waals surface area contributed by atoms with Crippen LogP contribution in [0.25, 0.3) is 5.57 Å². The molecule has 0 unspecified atom stereocenters. The number of hydrogen-bond donors (Lipinski definition) is 2. The molecule has 0 heterocycles. The average Bonchev–Trinajstić information content (AvgIpc) is 2.45. The molecule has 0 saturated carbocycles. The van der Waals surface area contributed by atoms with Crippen LogP contribution in [0.2, 0.25) is 0 Å². The van der Waals surface area contributed by atoms with E-state index >= 15 is 0 Å². The summed E-state index contributed by atoms with van der Waals surface area (Å²) in [6.45, 7) is 1.28. The standard InChI is InChI=1S/C16H11BrF3NOS.K.H/c1-8(22)14(10-6-5-9(18)7-11(10)17)16(23)21-15-12(19)3-2-4-13(15)20;;/h2-7,21,23H,1H3;;/b16-14-;;. The van der Waals surface area contributed by atoms with E-state index in [9.17, 15) is 18.0 Å². The minimum atomic E-state index is -0.822. The molecule has 0 aliphatic rings.